The Bertz CT molecular complexity index is 718. The van der Waals surface area contributed by atoms with Crippen LogP contribution in [0.25, 0.3) is 6.08 Å². The summed E-state index contributed by atoms with van der Waals surface area (Å²) in [4.78, 5) is 12.2. The van der Waals surface area contributed by atoms with E-state index in [9.17, 15) is 9.90 Å². The number of aromatic hydroxyl groups is 1. The zero-order chi connectivity index (χ0) is 16.8. The monoisotopic (exact) mass is 311 g/mol. The lowest BCUT2D eigenvalue weighted by Crippen LogP contribution is -1.97. The van der Waals surface area contributed by atoms with E-state index in [1.54, 1.807) is 36.4 Å². The Morgan fingerprint density at radius 3 is 2.52 bits per heavy atom. The average molecular weight is 311 g/mol. The lowest BCUT2D eigenvalue weighted by atomic mass is 10.0. The number of phenolic OH excluding ortho intramolecular Hbond substituents is 1. The van der Waals surface area contributed by atoms with Crippen molar-refractivity contribution in [1.29, 1.82) is 0 Å². The molecular formula is C19H21NO3. The van der Waals surface area contributed by atoms with Crippen molar-refractivity contribution in [3.8, 4) is 11.5 Å². The van der Waals surface area contributed by atoms with Gasteiger partial charge < -0.3 is 15.6 Å². The largest absolute Gasteiger partial charge is 0.508 e. The van der Waals surface area contributed by atoms with Crippen LogP contribution in [0.3, 0.4) is 0 Å². The van der Waals surface area contributed by atoms with Gasteiger partial charge in [-0.05, 0) is 61.4 Å². The van der Waals surface area contributed by atoms with Gasteiger partial charge in [-0.2, -0.15) is 0 Å². The molecule has 0 unspecified atom stereocenters. The van der Waals surface area contributed by atoms with Crippen LogP contribution in [0, 0.1) is 0 Å². The van der Waals surface area contributed by atoms with Crippen LogP contribution in [0.2, 0.25) is 0 Å². The molecule has 0 aromatic heterocycles. The molecule has 4 nitrogen and oxygen atoms in total. The van der Waals surface area contributed by atoms with E-state index in [2.05, 4.69) is 0 Å². The molecule has 2 aromatic carbocycles. The minimum absolute atomic E-state index is 0.112. The summed E-state index contributed by atoms with van der Waals surface area (Å²) < 4.78 is 5.53. The van der Waals surface area contributed by atoms with Gasteiger partial charge in [-0.15, -0.1) is 0 Å². The molecule has 2 aromatic rings. The zero-order valence-corrected chi connectivity index (χ0v) is 13.4. The lowest BCUT2D eigenvalue weighted by Gasteiger charge is -2.11. The molecule has 0 fully saturated rings. The summed E-state index contributed by atoms with van der Waals surface area (Å²) in [6.45, 7) is 4.32. The maximum atomic E-state index is 12.2. The molecule has 120 valence electrons. The summed E-state index contributed by atoms with van der Waals surface area (Å²) in [6.07, 6.45) is 3.91. The highest BCUT2D eigenvalue weighted by molar-refractivity contribution is 6.07. The van der Waals surface area contributed by atoms with Crippen molar-refractivity contribution in [1.82, 2.24) is 0 Å². The van der Waals surface area contributed by atoms with E-state index in [0.29, 0.717) is 30.0 Å². The Morgan fingerprint density at radius 1 is 1.22 bits per heavy atom. The summed E-state index contributed by atoms with van der Waals surface area (Å²) in [6, 6.07) is 10.2. The fourth-order valence-corrected chi connectivity index (χ4v) is 2.24. The molecule has 0 spiro atoms. The second-order valence-corrected chi connectivity index (χ2v) is 5.12. The Hall–Kier alpha value is -2.75. The minimum Gasteiger partial charge on any atom is -0.508 e. The minimum atomic E-state index is -0.112. The molecule has 0 atom stereocenters. The lowest BCUT2D eigenvalue weighted by molar-refractivity contribution is 0.104. The first kappa shape index (κ1) is 16.6. The number of nitrogens with two attached hydrogens (primary N) is 1. The van der Waals surface area contributed by atoms with Crippen molar-refractivity contribution in [3.05, 3.63) is 59.2 Å². The van der Waals surface area contributed by atoms with Gasteiger partial charge in [-0.3, -0.25) is 4.79 Å². The van der Waals surface area contributed by atoms with Gasteiger partial charge in [0.05, 0.1) is 6.61 Å². The number of nitrogen functional groups attached to an aromatic ring is 1. The molecule has 3 N–H and O–H groups in total. The molecule has 0 aliphatic rings. The quantitative estimate of drug-likeness (QED) is 0.483. The van der Waals surface area contributed by atoms with Crippen LogP contribution in [0.1, 0.15) is 35.3 Å². The Labute approximate surface area is 136 Å². The molecule has 0 amide bonds. The summed E-state index contributed by atoms with van der Waals surface area (Å²) in [5, 5.41) is 9.94. The van der Waals surface area contributed by atoms with Crippen molar-refractivity contribution < 1.29 is 14.6 Å². The second-order valence-electron chi connectivity index (χ2n) is 5.12. The van der Waals surface area contributed by atoms with Crippen LogP contribution in [-0.2, 0) is 6.42 Å². The SMILES string of the molecule is CCOc1cc(O)c(CC)cc1C=CC(=O)c1ccc(N)cc1. The van der Waals surface area contributed by atoms with Crippen LogP contribution in [0.4, 0.5) is 5.69 Å². The number of anilines is 1. The van der Waals surface area contributed by atoms with E-state index >= 15 is 0 Å². The van der Waals surface area contributed by atoms with Gasteiger partial charge in [-0.25, -0.2) is 0 Å². The Morgan fingerprint density at radius 2 is 1.91 bits per heavy atom. The number of hydrogen-bond acceptors (Lipinski definition) is 4. The highest BCUT2D eigenvalue weighted by Crippen LogP contribution is 2.30. The third-order valence-electron chi connectivity index (χ3n) is 3.50. The van der Waals surface area contributed by atoms with E-state index in [1.807, 2.05) is 19.9 Å². The summed E-state index contributed by atoms with van der Waals surface area (Å²) in [5.74, 6) is 0.653. The first-order valence-electron chi connectivity index (χ1n) is 7.61. The van der Waals surface area contributed by atoms with Crippen molar-refractivity contribution in [3.63, 3.8) is 0 Å². The fraction of sp³-hybridized carbons (Fsp3) is 0.211. The maximum Gasteiger partial charge on any atom is 0.185 e. The zero-order valence-electron chi connectivity index (χ0n) is 13.4. The maximum absolute atomic E-state index is 12.2. The highest BCUT2D eigenvalue weighted by Gasteiger charge is 2.08. The molecule has 0 aliphatic carbocycles. The van der Waals surface area contributed by atoms with Gasteiger partial charge >= 0.3 is 0 Å². The second kappa shape index (κ2) is 7.49. The van der Waals surface area contributed by atoms with E-state index in [-0.39, 0.29) is 11.5 Å². The normalized spacial score (nSPS) is 10.9. The van der Waals surface area contributed by atoms with Gasteiger partial charge in [-0.1, -0.05) is 6.92 Å². The number of ether oxygens (including phenoxy) is 1. The number of aryl methyl sites for hydroxylation is 1. The Balaban J connectivity index is 2.30. The third kappa shape index (κ3) is 4.13. The smallest absolute Gasteiger partial charge is 0.185 e. The predicted octanol–water partition coefficient (Wildman–Crippen LogP) is 3.83. The van der Waals surface area contributed by atoms with Crippen molar-refractivity contribution in [2.24, 2.45) is 0 Å². The van der Waals surface area contributed by atoms with E-state index < -0.39 is 0 Å². The molecule has 0 bridgehead atoms. The van der Waals surface area contributed by atoms with E-state index in [1.165, 1.54) is 6.08 Å². The van der Waals surface area contributed by atoms with Gasteiger partial charge in [0.15, 0.2) is 5.78 Å². The van der Waals surface area contributed by atoms with E-state index in [0.717, 1.165) is 11.1 Å². The van der Waals surface area contributed by atoms with Crippen molar-refractivity contribution in [2.75, 3.05) is 12.3 Å². The van der Waals surface area contributed by atoms with Crippen LogP contribution >= 0.6 is 0 Å². The average Bonchev–Trinajstić information content (AvgIpc) is 2.54. The van der Waals surface area contributed by atoms with Crippen molar-refractivity contribution in [2.45, 2.75) is 20.3 Å². The van der Waals surface area contributed by atoms with Gasteiger partial charge in [0.25, 0.3) is 0 Å². The van der Waals surface area contributed by atoms with Gasteiger partial charge in [0, 0.05) is 22.9 Å². The number of ketones is 1. The number of allylic oxidation sites excluding steroid dienone is 1. The van der Waals surface area contributed by atoms with Gasteiger partial charge in [0.2, 0.25) is 0 Å². The molecule has 0 saturated carbocycles. The number of carbonyl (C=O) groups excluding carboxylic acids is 1. The van der Waals surface area contributed by atoms with Crippen LogP contribution in [-0.4, -0.2) is 17.5 Å². The third-order valence-corrected chi connectivity index (χ3v) is 3.50. The first-order valence-corrected chi connectivity index (χ1v) is 7.61. The number of hydrogen-bond donors (Lipinski definition) is 2. The Kier molecular flexibility index (Phi) is 5.41. The molecule has 0 heterocycles. The predicted molar refractivity (Wildman–Crippen MR) is 92.9 cm³/mol. The summed E-state index contributed by atoms with van der Waals surface area (Å²) >= 11 is 0. The van der Waals surface area contributed by atoms with Crippen LogP contribution in [0.5, 0.6) is 11.5 Å². The molecule has 0 radical (unpaired) electrons. The molecule has 0 saturated heterocycles. The first-order chi connectivity index (χ1) is 11.0. The molecule has 4 heteroatoms. The van der Waals surface area contributed by atoms with E-state index in [4.69, 9.17) is 10.5 Å². The summed E-state index contributed by atoms with van der Waals surface area (Å²) in [7, 11) is 0. The number of phenols is 1. The van der Waals surface area contributed by atoms with Crippen LogP contribution < -0.4 is 10.5 Å². The van der Waals surface area contributed by atoms with Crippen LogP contribution in [0.15, 0.2) is 42.5 Å². The molecular weight excluding hydrogens is 290 g/mol. The summed E-state index contributed by atoms with van der Waals surface area (Å²) in [5.41, 5.74) is 8.40. The topological polar surface area (TPSA) is 72.5 Å². The molecule has 2 rings (SSSR count). The number of rotatable bonds is 6. The number of benzene rings is 2. The molecule has 23 heavy (non-hydrogen) atoms. The van der Waals surface area contributed by atoms with Gasteiger partial charge in [0.1, 0.15) is 11.5 Å². The fourth-order valence-electron chi connectivity index (χ4n) is 2.24. The molecule has 0 aliphatic heterocycles. The highest BCUT2D eigenvalue weighted by atomic mass is 16.5. The van der Waals surface area contributed by atoms with Crippen molar-refractivity contribution >= 4 is 17.5 Å². The standard InChI is InChI=1S/C19H21NO3/c1-3-13-11-15(19(23-4-2)12-18(13)22)7-10-17(21)14-5-8-16(20)9-6-14/h5-12,22H,3-4,20H2,1-2H3. The number of carbonyl (C=O) groups is 1.